The maximum atomic E-state index is 9.85. The molecule has 0 radical (unpaired) electrons. The van der Waals surface area contributed by atoms with Crippen molar-refractivity contribution in [3.8, 4) is 17.2 Å². The van der Waals surface area contributed by atoms with E-state index >= 15 is 0 Å². The van der Waals surface area contributed by atoms with Crippen LogP contribution >= 0.6 is 0 Å². The van der Waals surface area contributed by atoms with Gasteiger partial charge in [-0.2, -0.15) is 0 Å². The molecule has 1 unspecified atom stereocenters. The third kappa shape index (κ3) is 4.26. The van der Waals surface area contributed by atoms with Crippen LogP contribution in [0.2, 0.25) is 0 Å². The van der Waals surface area contributed by atoms with Crippen LogP contribution in [0.5, 0.6) is 17.2 Å². The lowest BCUT2D eigenvalue weighted by Gasteiger charge is -2.34. The lowest BCUT2D eigenvalue weighted by atomic mass is 9.69. The number of hydrogen-bond donors (Lipinski definition) is 3. The highest BCUT2D eigenvalue weighted by Gasteiger charge is 2.33. The van der Waals surface area contributed by atoms with Crippen LogP contribution < -0.4 is 0 Å². The highest BCUT2D eigenvalue weighted by Crippen LogP contribution is 2.42. The van der Waals surface area contributed by atoms with Crippen molar-refractivity contribution in [1.82, 2.24) is 0 Å². The Bertz CT molecular complexity index is 1180. The van der Waals surface area contributed by atoms with Gasteiger partial charge in [-0.1, -0.05) is 80.9 Å². The van der Waals surface area contributed by atoms with E-state index in [4.69, 9.17) is 0 Å². The summed E-state index contributed by atoms with van der Waals surface area (Å²) in [5.41, 5.74) is 4.99. The predicted octanol–water partition coefficient (Wildman–Crippen LogP) is 7.26. The number of benzene rings is 4. The van der Waals surface area contributed by atoms with E-state index in [9.17, 15) is 15.3 Å². The summed E-state index contributed by atoms with van der Waals surface area (Å²) >= 11 is 0. The van der Waals surface area contributed by atoms with Gasteiger partial charge in [0.15, 0.2) is 0 Å². The first-order valence-electron chi connectivity index (χ1n) is 11.8. The van der Waals surface area contributed by atoms with Gasteiger partial charge in [-0.05, 0) is 77.6 Å². The molecule has 1 atom stereocenters. The van der Waals surface area contributed by atoms with Gasteiger partial charge < -0.3 is 15.3 Å². The number of aromatic hydroxyl groups is 3. The standard InChI is InChI=1S/C31H32O3/c1-4-21-30(2,23-9-15-27(32)16-10-23)22-5-7-24(8-6-22)31(3,25-11-17-28(33)18-12-25)26-13-19-29(34)20-14-26/h5-20,32-34H,4,21H2,1-3H3. The van der Waals surface area contributed by atoms with Crippen LogP contribution in [0.3, 0.4) is 0 Å². The topological polar surface area (TPSA) is 60.7 Å². The second kappa shape index (κ2) is 9.26. The lowest BCUT2D eigenvalue weighted by molar-refractivity contribution is 0.471. The highest BCUT2D eigenvalue weighted by atomic mass is 16.3. The van der Waals surface area contributed by atoms with Crippen molar-refractivity contribution in [2.45, 2.75) is 44.4 Å². The summed E-state index contributed by atoms with van der Waals surface area (Å²) in [5.74, 6) is 0.740. The van der Waals surface area contributed by atoms with Gasteiger partial charge in [0.25, 0.3) is 0 Å². The van der Waals surface area contributed by atoms with Crippen LogP contribution in [0.15, 0.2) is 97.1 Å². The Morgan fingerprint density at radius 3 is 1.06 bits per heavy atom. The minimum absolute atomic E-state index is 0.172. The average Bonchev–Trinajstić information content (AvgIpc) is 2.85. The zero-order valence-electron chi connectivity index (χ0n) is 20.0. The van der Waals surface area contributed by atoms with E-state index in [2.05, 4.69) is 45.0 Å². The zero-order valence-corrected chi connectivity index (χ0v) is 20.0. The Morgan fingerprint density at radius 1 is 0.471 bits per heavy atom. The van der Waals surface area contributed by atoms with E-state index in [-0.39, 0.29) is 22.7 Å². The Morgan fingerprint density at radius 2 is 0.735 bits per heavy atom. The molecule has 174 valence electrons. The molecule has 0 aromatic heterocycles. The molecule has 4 aromatic carbocycles. The third-order valence-corrected chi connectivity index (χ3v) is 7.24. The second-order valence-corrected chi connectivity index (χ2v) is 9.43. The number of rotatable bonds is 7. The van der Waals surface area contributed by atoms with Crippen molar-refractivity contribution in [1.29, 1.82) is 0 Å². The van der Waals surface area contributed by atoms with Crippen LogP contribution in [0, 0.1) is 0 Å². The Kier molecular flexibility index (Phi) is 6.39. The molecular weight excluding hydrogens is 420 g/mol. The molecule has 34 heavy (non-hydrogen) atoms. The van der Waals surface area contributed by atoms with E-state index < -0.39 is 5.41 Å². The Hall–Kier alpha value is -3.72. The minimum Gasteiger partial charge on any atom is -0.508 e. The van der Waals surface area contributed by atoms with Gasteiger partial charge in [0.2, 0.25) is 0 Å². The Labute approximate surface area is 202 Å². The molecule has 0 aliphatic carbocycles. The van der Waals surface area contributed by atoms with Gasteiger partial charge in [-0.3, -0.25) is 0 Å². The fourth-order valence-corrected chi connectivity index (χ4v) is 5.05. The number of hydrogen-bond acceptors (Lipinski definition) is 3. The van der Waals surface area contributed by atoms with E-state index in [1.807, 2.05) is 36.4 Å². The monoisotopic (exact) mass is 452 g/mol. The zero-order chi connectivity index (χ0) is 24.3. The molecule has 0 bridgehead atoms. The van der Waals surface area contributed by atoms with E-state index in [1.165, 1.54) is 11.1 Å². The fraction of sp³-hybridized carbons (Fsp3) is 0.226. The quantitative estimate of drug-likeness (QED) is 0.259. The maximum absolute atomic E-state index is 9.85. The molecule has 0 aliphatic heterocycles. The summed E-state index contributed by atoms with van der Waals surface area (Å²) in [4.78, 5) is 0. The van der Waals surface area contributed by atoms with Crippen molar-refractivity contribution >= 4 is 0 Å². The molecule has 3 nitrogen and oxygen atoms in total. The number of phenols is 3. The number of phenolic OH excluding ortho intramolecular Hbond substituents is 3. The van der Waals surface area contributed by atoms with Crippen molar-refractivity contribution < 1.29 is 15.3 Å². The van der Waals surface area contributed by atoms with Gasteiger partial charge >= 0.3 is 0 Å². The van der Waals surface area contributed by atoms with Crippen molar-refractivity contribution in [3.05, 3.63) is 125 Å². The van der Waals surface area contributed by atoms with Crippen LogP contribution in [-0.4, -0.2) is 15.3 Å². The molecule has 0 spiro atoms. The normalized spacial score (nSPS) is 13.4. The molecule has 0 aliphatic rings. The second-order valence-electron chi connectivity index (χ2n) is 9.43. The summed E-state index contributed by atoms with van der Waals surface area (Å²) in [6, 6.07) is 31.0. The van der Waals surface area contributed by atoms with Gasteiger partial charge in [0, 0.05) is 10.8 Å². The summed E-state index contributed by atoms with van der Waals surface area (Å²) in [6.07, 6.45) is 2.03. The molecule has 0 saturated heterocycles. The molecule has 3 N–H and O–H groups in total. The molecule has 4 rings (SSSR count). The molecular formula is C31H32O3. The van der Waals surface area contributed by atoms with Gasteiger partial charge in [0.1, 0.15) is 17.2 Å². The molecule has 0 saturated carbocycles. The maximum Gasteiger partial charge on any atom is 0.115 e. The van der Waals surface area contributed by atoms with Gasteiger partial charge in [0.05, 0.1) is 0 Å². The molecule has 4 aromatic rings. The van der Waals surface area contributed by atoms with Crippen LogP contribution in [0.1, 0.15) is 61.4 Å². The summed E-state index contributed by atoms with van der Waals surface area (Å²) in [7, 11) is 0. The first kappa shape index (κ1) is 23.4. The summed E-state index contributed by atoms with van der Waals surface area (Å²) in [6.45, 7) is 6.63. The minimum atomic E-state index is -0.473. The van der Waals surface area contributed by atoms with Gasteiger partial charge in [-0.15, -0.1) is 0 Å². The SMILES string of the molecule is CCCC(C)(c1ccc(O)cc1)c1ccc(C(C)(c2ccc(O)cc2)c2ccc(O)cc2)cc1. The highest BCUT2D eigenvalue weighted by molar-refractivity contribution is 5.52. The van der Waals surface area contributed by atoms with E-state index in [1.54, 1.807) is 36.4 Å². The molecule has 3 heteroatoms. The van der Waals surface area contributed by atoms with Gasteiger partial charge in [-0.25, -0.2) is 0 Å². The fourth-order valence-electron chi connectivity index (χ4n) is 5.05. The van der Waals surface area contributed by atoms with E-state index in [0.717, 1.165) is 29.5 Å². The average molecular weight is 453 g/mol. The first-order chi connectivity index (χ1) is 16.3. The largest absolute Gasteiger partial charge is 0.508 e. The van der Waals surface area contributed by atoms with Crippen molar-refractivity contribution in [2.24, 2.45) is 0 Å². The van der Waals surface area contributed by atoms with Crippen LogP contribution in [-0.2, 0) is 10.8 Å². The van der Waals surface area contributed by atoms with E-state index in [0.29, 0.717) is 0 Å². The lowest BCUT2D eigenvalue weighted by Crippen LogP contribution is -2.27. The first-order valence-corrected chi connectivity index (χ1v) is 11.8. The smallest absolute Gasteiger partial charge is 0.115 e. The summed E-state index contributed by atoms with van der Waals surface area (Å²) in [5, 5.41) is 29.5. The molecule has 0 amide bonds. The van der Waals surface area contributed by atoms with Crippen molar-refractivity contribution in [2.75, 3.05) is 0 Å². The molecule has 0 heterocycles. The summed E-state index contributed by atoms with van der Waals surface area (Å²) < 4.78 is 0. The predicted molar refractivity (Wildman–Crippen MR) is 138 cm³/mol. The van der Waals surface area contributed by atoms with Crippen LogP contribution in [0.4, 0.5) is 0 Å². The van der Waals surface area contributed by atoms with Crippen molar-refractivity contribution in [3.63, 3.8) is 0 Å². The van der Waals surface area contributed by atoms with Crippen LogP contribution in [0.25, 0.3) is 0 Å². The third-order valence-electron chi connectivity index (χ3n) is 7.24. The Balaban J connectivity index is 1.82. The molecule has 0 fully saturated rings.